The molecule has 0 spiro atoms. The molecule has 0 amide bonds. The molecule has 0 aromatic rings. The zero-order valence-electron chi connectivity index (χ0n) is 9.71. The summed E-state index contributed by atoms with van der Waals surface area (Å²) in [5, 5.41) is 9.49. The predicted molar refractivity (Wildman–Crippen MR) is 60.5 cm³/mol. The third-order valence-electron chi connectivity index (χ3n) is 3.83. The number of piperidine rings is 2. The Labute approximate surface area is 92.7 Å². The van der Waals surface area contributed by atoms with Crippen LogP contribution in [0.25, 0.3) is 0 Å². The maximum Gasteiger partial charge on any atom is 0.122 e. The highest BCUT2D eigenvalue weighted by atomic mass is 15.3. The Kier molecular flexibility index (Phi) is 3.28. The van der Waals surface area contributed by atoms with E-state index in [1.165, 1.54) is 25.7 Å². The second-order valence-electron chi connectivity index (χ2n) is 5.03. The van der Waals surface area contributed by atoms with E-state index in [4.69, 9.17) is 0 Å². The molecule has 0 aliphatic carbocycles. The quantitative estimate of drug-likeness (QED) is 0.652. The van der Waals surface area contributed by atoms with E-state index in [-0.39, 0.29) is 5.54 Å². The number of hydrogen-bond donors (Lipinski definition) is 0. The molecule has 3 heteroatoms. The van der Waals surface area contributed by atoms with Crippen molar-refractivity contribution in [3.63, 3.8) is 0 Å². The van der Waals surface area contributed by atoms with E-state index in [2.05, 4.69) is 22.9 Å². The van der Waals surface area contributed by atoms with Gasteiger partial charge in [0.1, 0.15) is 5.54 Å². The maximum atomic E-state index is 9.49. The van der Waals surface area contributed by atoms with Crippen molar-refractivity contribution in [2.75, 3.05) is 33.2 Å². The molecule has 84 valence electrons. The molecule has 0 aromatic carbocycles. The van der Waals surface area contributed by atoms with Crippen molar-refractivity contribution in [2.24, 2.45) is 0 Å². The van der Waals surface area contributed by atoms with Crippen molar-refractivity contribution in [1.82, 2.24) is 9.80 Å². The summed E-state index contributed by atoms with van der Waals surface area (Å²) in [6.45, 7) is 4.34. The van der Waals surface area contributed by atoms with Crippen LogP contribution in [0, 0.1) is 11.3 Å². The Hall–Kier alpha value is -0.590. The molecule has 1 unspecified atom stereocenters. The van der Waals surface area contributed by atoms with E-state index in [1.54, 1.807) is 0 Å². The zero-order chi connectivity index (χ0) is 10.7. The Morgan fingerprint density at radius 1 is 1.07 bits per heavy atom. The Morgan fingerprint density at radius 2 is 1.80 bits per heavy atom. The van der Waals surface area contributed by atoms with Gasteiger partial charge in [0, 0.05) is 6.54 Å². The summed E-state index contributed by atoms with van der Waals surface area (Å²) < 4.78 is 0. The monoisotopic (exact) mass is 207 g/mol. The van der Waals surface area contributed by atoms with Gasteiger partial charge in [-0.2, -0.15) is 5.26 Å². The van der Waals surface area contributed by atoms with Gasteiger partial charge in [0.05, 0.1) is 6.07 Å². The highest BCUT2D eigenvalue weighted by Crippen LogP contribution is 2.29. The van der Waals surface area contributed by atoms with Crippen molar-refractivity contribution in [1.29, 1.82) is 5.26 Å². The molecule has 3 nitrogen and oxygen atoms in total. The van der Waals surface area contributed by atoms with Crippen molar-refractivity contribution in [3.05, 3.63) is 0 Å². The second-order valence-corrected chi connectivity index (χ2v) is 5.03. The number of likely N-dealkylation sites (N-methyl/N-ethyl adjacent to an activating group) is 1. The minimum Gasteiger partial charge on any atom is -0.303 e. The number of nitrogens with zero attached hydrogens (tertiary/aromatic N) is 3. The summed E-state index contributed by atoms with van der Waals surface area (Å²) >= 11 is 0. The number of nitriles is 1. The van der Waals surface area contributed by atoms with Crippen LogP contribution in [0.3, 0.4) is 0 Å². The summed E-state index contributed by atoms with van der Waals surface area (Å²) in [6, 6.07) is 2.60. The predicted octanol–water partition coefficient (Wildman–Crippen LogP) is 1.46. The normalized spacial score (nSPS) is 34.9. The van der Waals surface area contributed by atoms with Crippen molar-refractivity contribution in [2.45, 2.75) is 37.6 Å². The lowest BCUT2D eigenvalue weighted by Crippen LogP contribution is -2.58. The van der Waals surface area contributed by atoms with Crippen LogP contribution in [0.1, 0.15) is 32.1 Å². The lowest BCUT2D eigenvalue weighted by Gasteiger charge is -2.45. The zero-order valence-corrected chi connectivity index (χ0v) is 9.71. The van der Waals surface area contributed by atoms with Crippen LogP contribution in [0.5, 0.6) is 0 Å². The van der Waals surface area contributed by atoms with Gasteiger partial charge < -0.3 is 4.90 Å². The molecular formula is C12H21N3. The van der Waals surface area contributed by atoms with Gasteiger partial charge in [-0.15, -0.1) is 0 Å². The topological polar surface area (TPSA) is 30.3 Å². The van der Waals surface area contributed by atoms with Gasteiger partial charge in [0.2, 0.25) is 0 Å². The SMILES string of the molecule is CN1CCCC(C#N)(N2CCCCC2)C1. The Balaban J connectivity index is 2.09. The minimum atomic E-state index is -0.173. The molecule has 0 bridgehead atoms. The van der Waals surface area contributed by atoms with Crippen LogP contribution in [0.15, 0.2) is 0 Å². The van der Waals surface area contributed by atoms with Crippen LogP contribution in [-0.2, 0) is 0 Å². The van der Waals surface area contributed by atoms with Crippen LogP contribution >= 0.6 is 0 Å². The fraction of sp³-hybridized carbons (Fsp3) is 0.917. The number of hydrogen-bond acceptors (Lipinski definition) is 3. The third-order valence-corrected chi connectivity index (χ3v) is 3.83. The van der Waals surface area contributed by atoms with Crippen LogP contribution in [-0.4, -0.2) is 48.6 Å². The average Bonchev–Trinajstić information content (AvgIpc) is 2.30. The third kappa shape index (κ3) is 2.16. The summed E-state index contributed by atoms with van der Waals surface area (Å²) in [5.41, 5.74) is -0.173. The number of rotatable bonds is 1. The van der Waals surface area contributed by atoms with Crippen LogP contribution < -0.4 is 0 Å². The van der Waals surface area contributed by atoms with Gasteiger partial charge in [0.15, 0.2) is 0 Å². The van der Waals surface area contributed by atoms with E-state index >= 15 is 0 Å². The van der Waals surface area contributed by atoms with Crippen molar-refractivity contribution < 1.29 is 0 Å². The van der Waals surface area contributed by atoms with Gasteiger partial charge in [-0.1, -0.05) is 6.42 Å². The molecule has 2 aliphatic heterocycles. The molecule has 2 heterocycles. The van der Waals surface area contributed by atoms with E-state index < -0.39 is 0 Å². The Bertz CT molecular complexity index is 252. The number of likely N-dealkylation sites (tertiary alicyclic amines) is 2. The molecule has 0 N–H and O–H groups in total. The highest BCUT2D eigenvalue weighted by Gasteiger charge is 2.40. The molecule has 2 aliphatic rings. The van der Waals surface area contributed by atoms with E-state index in [1.807, 2.05) is 0 Å². The van der Waals surface area contributed by atoms with E-state index in [0.717, 1.165) is 32.6 Å². The van der Waals surface area contributed by atoms with Crippen molar-refractivity contribution >= 4 is 0 Å². The fourth-order valence-electron chi connectivity index (χ4n) is 2.99. The second kappa shape index (κ2) is 4.51. The molecule has 0 aromatic heterocycles. The molecule has 2 rings (SSSR count). The van der Waals surface area contributed by atoms with Gasteiger partial charge in [-0.3, -0.25) is 4.90 Å². The summed E-state index contributed by atoms with van der Waals surface area (Å²) in [5.74, 6) is 0. The first kappa shape index (κ1) is 10.9. The summed E-state index contributed by atoms with van der Waals surface area (Å²) in [7, 11) is 2.13. The van der Waals surface area contributed by atoms with Crippen LogP contribution in [0.4, 0.5) is 0 Å². The van der Waals surface area contributed by atoms with E-state index in [9.17, 15) is 5.26 Å². The summed E-state index contributed by atoms with van der Waals surface area (Å²) in [4.78, 5) is 4.74. The molecule has 15 heavy (non-hydrogen) atoms. The fourth-order valence-corrected chi connectivity index (χ4v) is 2.99. The molecule has 1 atom stereocenters. The first-order chi connectivity index (χ1) is 7.27. The van der Waals surface area contributed by atoms with Gasteiger partial charge in [-0.25, -0.2) is 0 Å². The smallest absolute Gasteiger partial charge is 0.122 e. The standard InChI is InChI=1S/C12H21N3/c1-14-7-5-6-12(10-13,11-14)15-8-3-2-4-9-15/h2-9,11H2,1H3. The maximum absolute atomic E-state index is 9.49. The molecule has 0 radical (unpaired) electrons. The molecular weight excluding hydrogens is 186 g/mol. The van der Waals surface area contributed by atoms with Crippen molar-refractivity contribution in [3.8, 4) is 6.07 Å². The van der Waals surface area contributed by atoms with Gasteiger partial charge >= 0.3 is 0 Å². The average molecular weight is 207 g/mol. The largest absolute Gasteiger partial charge is 0.303 e. The first-order valence-corrected chi connectivity index (χ1v) is 6.12. The molecule has 2 fully saturated rings. The Morgan fingerprint density at radius 3 is 2.40 bits per heavy atom. The lowest BCUT2D eigenvalue weighted by atomic mass is 9.87. The lowest BCUT2D eigenvalue weighted by molar-refractivity contribution is 0.0466. The van der Waals surface area contributed by atoms with E-state index in [0.29, 0.717) is 0 Å². The van der Waals surface area contributed by atoms with Gasteiger partial charge in [-0.05, 0) is 52.4 Å². The first-order valence-electron chi connectivity index (χ1n) is 6.12. The minimum absolute atomic E-state index is 0.173. The van der Waals surface area contributed by atoms with Crippen LogP contribution in [0.2, 0.25) is 0 Å². The summed E-state index contributed by atoms with van der Waals surface area (Å²) in [6.07, 6.45) is 6.11. The highest BCUT2D eigenvalue weighted by molar-refractivity contribution is 5.12. The molecule has 0 saturated carbocycles. The van der Waals surface area contributed by atoms with Gasteiger partial charge in [0.25, 0.3) is 0 Å². The molecule has 2 saturated heterocycles.